The molecule has 0 unspecified atom stereocenters. The summed E-state index contributed by atoms with van der Waals surface area (Å²) in [4.78, 5) is 15.3. The highest BCUT2D eigenvalue weighted by Crippen LogP contribution is 2.32. The van der Waals surface area contributed by atoms with Crippen molar-refractivity contribution in [3.8, 4) is 0 Å². The molecule has 2 aromatic rings. The molecule has 0 fully saturated rings. The Morgan fingerprint density at radius 3 is 1.70 bits per heavy atom. The molecular formula is C22H30ClNO3. The number of halogens is 1. The molecule has 0 aliphatic rings. The number of carbonyl (C=O) groups excluding carboxylic acids is 1. The largest absolute Gasteiger partial charge is 0.456 e. The van der Waals surface area contributed by atoms with Crippen LogP contribution in [0.2, 0.25) is 0 Å². The number of hydrogen-bond acceptors (Lipinski definition) is 4. The quantitative estimate of drug-likeness (QED) is 0.691. The zero-order valence-electron chi connectivity index (χ0n) is 16.5. The lowest BCUT2D eigenvalue weighted by molar-refractivity contribution is -0.177. The highest BCUT2D eigenvalue weighted by molar-refractivity contribution is 5.86. The molecular weight excluding hydrogens is 362 g/mol. The van der Waals surface area contributed by atoms with Crippen molar-refractivity contribution in [3.63, 3.8) is 0 Å². The summed E-state index contributed by atoms with van der Waals surface area (Å²) in [6, 6.07) is 17.9. The lowest BCUT2D eigenvalue weighted by atomic mass is 9.86. The van der Waals surface area contributed by atoms with Crippen molar-refractivity contribution in [1.82, 2.24) is 4.90 Å². The van der Waals surface area contributed by atoms with Gasteiger partial charge in [-0.1, -0.05) is 74.5 Å². The van der Waals surface area contributed by atoms with Gasteiger partial charge < -0.3 is 9.84 Å². The minimum atomic E-state index is -1.84. The summed E-state index contributed by atoms with van der Waals surface area (Å²) < 4.78 is 5.82. The van der Waals surface area contributed by atoms with Crippen molar-refractivity contribution in [3.05, 3.63) is 71.8 Å². The number of ether oxygens (including phenoxy) is 1. The van der Waals surface area contributed by atoms with Gasteiger partial charge in [-0.25, -0.2) is 4.79 Å². The molecule has 5 heteroatoms. The van der Waals surface area contributed by atoms with Crippen LogP contribution in [0.25, 0.3) is 0 Å². The number of esters is 1. The maximum Gasteiger partial charge on any atom is 0.348 e. The van der Waals surface area contributed by atoms with E-state index in [0.29, 0.717) is 17.7 Å². The van der Waals surface area contributed by atoms with Crippen LogP contribution in [0.5, 0.6) is 0 Å². The summed E-state index contributed by atoms with van der Waals surface area (Å²) in [5, 5.41) is 11.4. The van der Waals surface area contributed by atoms with E-state index in [0.717, 1.165) is 13.1 Å². The zero-order valence-corrected chi connectivity index (χ0v) is 17.3. The highest BCUT2D eigenvalue weighted by atomic mass is 35.5. The first kappa shape index (κ1) is 23.2. The van der Waals surface area contributed by atoms with Gasteiger partial charge in [-0.3, -0.25) is 4.90 Å². The van der Waals surface area contributed by atoms with E-state index in [-0.39, 0.29) is 12.4 Å². The van der Waals surface area contributed by atoms with Crippen LogP contribution in [0, 0.1) is 0 Å². The number of aliphatic hydroxyl groups is 1. The Bertz CT molecular complexity index is 661. The first-order chi connectivity index (χ1) is 12.3. The molecule has 27 heavy (non-hydrogen) atoms. The Kier molecular flexibility index (Phi) is 8.48. The summed E-state index contributed by atoms with van der Waals surface area (Å²) in [6.45, 7) is 10.3. The molecule has 2 aromatic carbocycles. The third kappa shape index (κ3) is 5.55. The molecule has 0 aliphatic carbocycles. The average Bonchev–Trinajstić information content (AvgIpc) is 2.66. The Hall–Kier alpha value is -1.88. The van der Waals surface area contributed by atoms with Crippen LogP contribution >= 0.6 is 12.4 Å². The van der Waals surface area contributed by atoms with Gasteiger partial charge in [0, 0.05) is 6.54 Å². The Labute approximate surface area is 168 Å². The molecule has 0 saturated heterocycles. The van der Waals surface area contributed by atoms with Crippen LogP contribution < -0.4 is 0 Å². The fourth-order valence-corrected chi connectivity index (χ4v) is 3.10. The molecule has 0 radical (unpaired) electrons. The van der Waals surface area contributed by atoms with Crippen molar-refractivity contribution in [2.24, 2.45) is 0 Å². The van der Waals surface area contributed by atoms with Crippen LogP contribution in [0.15, 0.2) is 60.7 Å². The topological polar surface area (TPSA) is 49.8 Å². The summed E-state index contributed by atoms with van der Waals surface area (Å²) >= 11 is 0. The fraction of sp³-hybridized carbons (Fsp3) is 0.409. The maximum absolute atomic E-state index is 13.1. The van der Waals surface area contributed by atoms with E-state index in [4.69, 9.17) is 4.74 Å². The molecule has 0 bridgehead atoms. The predicted octanol–water partition coefficient (Wildman–Crippen LogP) is 4.01. The first-order valence-corrected chi connectivity index (χ1v) is 9.12. The van der Waals surface area contributed by atoms with Gasteiger partial charge in [0.1, 0.15) is 5.60 Å². The van der Waals surface area contributed by atoms with Crippen LogP contribution in [0.4, 0.5) is 0 Å². The van der Waals surface area contributed by atoms with Crippen molar-refractivity contribution in [1.29, 1.82) is 0 Å². The maximum atomic E-state index is 13.1. The molecule has 2 rings (SSSR count). The van der Waals surface area contributed by atoms with Crippen molar-refractivity contribution >= 4 is 18.4 Å². The van der Waals surface area contributed by atoms with Gasteiger partial charge in [0.25, 0.3) is 0 Å². The monoisotopic (exact) mass is 391 g/mol. The van der Waals surface area contributed by atoms with Gasteiger partial charge in [-0.15, -0.1) is 12.4 Å². The highest BCUT2D eigenvalue weighted by Gasteiger charge is 2.44. The van der Waals surface area contributed by atoms with Crippen LogP contribution in [0.1, 0.15) is 38.8 Å². The molecule has 0 spiro atoms. The lowest BCUT2D eigenvalue weighted by Crippen LogP contribution is -2.47. The Morgan fingerprint density at radius 2 is 1.33 bits per heavy atom. The minimum absolute atomic E-state index is 0. The zero-order chi connectivity index (χ0) is 19.2. The van der Waals surface area contributed by atoms with Crippen LogP contribution in [0.3, 0.4) is 0 Å². The summed E-state index contributed by atoms with van der Waals surface area (Å²) in [6.07, 6.45) is 0. The predicted molar refractivity (Wildman–Crippen MR) is 111 cm³/mol. The number of carbonyl (C=O) groups is 1. The number of nitrogens with zero attached hydrogens (tertiary/aromatic N) is 1. The molecule has 0 saturated carbocycles. The second-order valence-corrected chi connectivity index (χ2v) is 7.05. The summed E-state index contributed by atoms with van der Waals surface area (Å²) in [5.74, 6) is -0.660. The van der Waals surface area contributed by atoms with E-state index in [1.54, 1.807) is 48.5 Å². The van der Waals surface area contributed by atoms with E-state index in [1.807, 2.05) is 26.0 Å². The standard InChI is InChI=1S/C22H29NO3.ClH/c1-5-23(6-2)17-21(3,4)26-20(24)22(25,18-13-9-7-10-14-18)19-15-11-8-12-16-19;/h7-16,25H,5-6,17H2,1-4H3;1H. The fourth-order valence-electron chi connectivity index (χ4n) is 3.10. The number of hydrogen-bond donors (Lipinski definition) is 1. The molecule has 0 aliphatic heterocycles. The van der Waals surface area contributed by atoms with Crippen LogP contribution in [-0.2, 0) is 15.1 Å². The second kappa shape index (κ2) is 9.88. The Balaban J connectivity index is 0.00000364. The third-order valence-electron chi connectivity index (χ3n) is 4.55. The molecule has 0 amide bonds. The molecule has 4 nitrogen and oxygen atoms in total. The van der Waals surface area contributed by atoms with Gasteiger partial charge in [-0.05, 0) is 38.1 Å². The van der Waals surface area contributed by atoms with E-state index < -0.39 is 17.2 Å². The SMILES string of the molecule is CCN(CC)CC(C)(C)OC(=O)C(O)(c1ccccc1)c1ccccc1.Cl. The summed E-state index contributed by atoms with van der Waals surface area (Å²) in [5.41, 5.74) is -1.58. The van der Waals surface area contributed by atoms with Gasteiger partial charge in [0.15, 0.2) is 0 Å². The van der Waals surface area contributed by atoms with E-state index in [2.05, 4.69) is 18.7 Å². The number of likely N-dealkylation sites (N-methyl/N-ethyl adjacent to an activating group) is 1. The smallest absolute Gasteiger partial charge is 0.348 e. The van der Waals surface area contributed by atoms with Gasteiger partial charge in [0.2, 0.25) is 5.60 Å². The van der Waals surface area contributed by atoms with Crippen molar-refractivity contribution in [2.75, 3.05) is 19.6 Å². The lowest BCUT2D eigenvalue weighted by Gasteiger charge is -2.35. The minimum Gasteiger partial charge on any atom is -0.456 e. The first-order valence-electron chi connectivity index (χ1n) is 9.12. The molecule has 148 valence electrons. The second-order valence-electron chi connectivity index (χ2n) is 7.05. The van der Waals surface area contributed by atoms with Gasteiger partial charge in [0.05, 0.1) is 0 Å². The van der Waals surface area contributed by atoms with Gasteiger partial charge in [-0.2, -0.15) is 0 Å². The van der Waals surface area contributed by atoms with E-state index in [1.165, 1.54) is 0 Å². The van der Waals surface area contributed by atoms with Crippen molar-refractivity contribution < 1.29 is 14.6 Å². The van der Waals surface area contributed by atoms with E-state index in [9.17, 15) is 9.90 Å². The average molecular weight is 392 g/mol. The molecule has 0 aromatic heterocycles. The Morgan fingerprint density at radius 1 is 0.926 bits per heavy atom. The number of rotatable bonds is 8. The number of benzene rings is 2. The summed E-state index contributed by atoms with van der Waals surface area (Å²) in [7, 11) is 0. The molecule has 1 N–H and O–H groups in total. The third-order valence-corrected chi connectivity index (χ3v) is 4.55. The molecule has 0 heterocycles. The van der Waals surface area contributed by atoms with Crippen LogP contribution in [-0.4, -0.2) is 41.2 Å². The normalized spacial score (nSPS) is 11.8. The van der Waals surface area contributed by atoms with E-state index >= 15 is 0 Å². The van der Waals surface area contributed by atoms with Gasteiger partial charge >= 0.3 is 5.97 Å². The molecule has 0 atom stereocenters. The van der Waals surface area contributed by atoms with Crippen molar-refractivity contribution in [2.45, 2.75) is 38.9 Å².